The van der Waals surface area contributed by atoms with E-state index in [9.17, 15) is 14.3 Å². The highest BCUT2D eigenvalue weighted by atomic mass is 31.2. The molecule has 0 rings (SSSR count). The minimum atomic E-state index is -4.37. The van der Waals surface area contributed by atoms with Gasteiger partial charge < -0.3 is 23.2 Å². The molecule has 0 aromatic rings. The molecule has 25 heavy (non-hydrogen) atoms. The number of rotatable bonds is 12. The molecule has 0 aromatic heterocycles. The maximum Gasteiger partial charge on any atom is 0.312 e. The third-order valence-corrected chi connectivity index (χ3v) is 5.15. The molecule has 8 heteroatoms. The number of ether oxygens (including phenoxy) is 1. The van der Waals surface area contributed by atoms with Crippen LogP contribution in [-0.2, 0) is 23.1 Å². The number of nitrogens with zero attached hydrogens (tertiary/aromatic N) is 1. The second kappa shape index (κ2) is 10.0. The zero-order valence-electron chi connectivity index (χ0n) is 17.0. The second-order valence-corrected chi connectivity index (χ2v) is 9.84. The molecule has 0 saturated carbocycles. The fourth-order valence-electron chi connectivity index (χ4n) is 2.31. The fraction of sp³-hybridized carbons (Fsp3) is 0.941. The molecule has 0 radical (unpaired) electrons. The monoisotopic (exact) mass is 381 g/mol. The van der Waals surface area contributed by atoms with Crippen LogP contribution in [0.2, 0.25) is 0 Å². The van der Waals surface area contributed by atoms with E-state index in [0.717, 1.165) is 0 Å². The molecule has 0 amide bonds. The summed E-state index contributed by atoms with van der Waals surface area (Å²) in [6.07, 6.45) is 0.707. The lowest BCUT2D eigenvalue weighted by Gasteiger charge is -2.33. The van der Waals surface area contributed by atoms with Gasteiger partial charge in [0, 0.05) is 0 Å². The minimum Gasteiger partial charge on any atom is -0.756 e. The molecule has 7 nitrogen and oxygen atoms in total. The average molecular weight is 381 g/mol. The lowest BCUT2D eigenvalue weighted by atomic mass is 9.73. The number of carbonyl (C=O) groups excluding carboxylic acids is 1. The van der Waals surface area contributed by atoms with Crippen molar-refractivity contribution < 1.29 is 32.5 Å². The van der Waals surface area contributed by atoms with E-state index in [-0.39, 0.29) is 31.7 Å². The third kappa shape index (κ3) is 10.3. The molecular formula is C17H36NO6P. The molecule has 0 saturated heterocycles. The summed E-state index contributed by atoms with van der Waals surface area (Å²) in [5.41, 5.74) is -0.601. The number of esters is 1. The van der Waals surface area contributed by atoms with Crippen LogP contribution < -0.4 is 4.89 Å². The standard InChI is InChI=1S/C17H36NO6P/c1-14(2)13-17(5,15(3)4)16(19)22-11-12-24-25(20,21)23-10-9-18(6,7)8/h14-15H,9-13H2,1-8H3. The van der Waals surface area contributed by atoms with Gasteiger partial charge in [-0.3, -0.25) is 9.36 Å². The summed E-state index contributed by atoms with van der Waals surface area (Å²) in [5.74, 6) is 0.145. The molecule has 0 fully saturated rings. The second-order valence-electron chi connectivity index (χ2n) is 8.43. The van der Waals surface area contributed by atoms with Gasteiger partial charge in [-0.1, -0.05) is 27.7 Å². The van der Waals surface area contributed by atoms with Gasteiger partial charge in [0.25, 0.3) is 7.82 Å². The summed E-state index contributed by atoms with van der Waals surface area (Å²) >= 11 is 0. The van der Waals surface area contributed by atoms with Crippen LogP contribution in [0.25, 0.3) is 0 Å². The van der Waals surface area contributed by atoms with Gasteiger partial charge in [-0.2, -0.15) is 0 Å². The molecular weight excluding hydrogens is 345 g/mol. The van der Waals surface area contributed by atoms with Gasteiger partial charge in [0.2, 0.25) is 0 Å². The van der Waals surface area contributed by atoms with Crippen molar-refractivity contribution in [1.29, 1.82) is 0 Å². The van der Waals surface area contributed by atoms with Crippen molar-refractivity contribution in [3.05, 3.63) is 0 Å². The number of quaternary nitrogens is 1. The van der Waals surface area contributed by atoms with Gasteiger partial charge >= 0.3 is 5.97 Å². The van der Waals surface area contributed by atoms with Gasteiger partial charge in [-0.05, 0) is 25.2 Å². The van der Waals surface area contributed by atoms with Crippen LogP contribution >= 0.6 is 7.82 Å². The number of hydrogen-bond donors (Lipinski definition) is 0. The van der Waals surface area contributed by atoms with Crippen LogP contribution in [-0.4, -0.2) is 58.0 Å². The first kappa shape index (κ1) is 24.5. The smallest absolute Gasteiger partial charge is 0.312 e. The molecule has 0 heterocycles. The van der Waals surface area contributed by atoms with Crippen molar-refractivity contribution in [2.24, 2.45) is 17.3 Å². The maximum atomic E-state index is 12.4. The topological polar surface area (TPSA) is 84.9 Å². The van der Waals surface area contributed by atoms with Crippen LogP contribution in [0.1, 0.15) is 41.0 Å². The van der Waals surface area contributed by atoms with Crippen molar-refractivity contribution in [3.8, 4) is 0 Å². The maximum absolute atomic E-state index is 12.4. The Balaban J connectivity index is 4.33. The number of carbonyl (C=O) groups is 1. The largest absolute Gasteiger partial charge is 0.756 e. The summed E-state index contributed by atoms with van der Waals surface area (Å²) in [4.78, 5) is 24.0. The van der Waals surface area contributed by atoms with E-state index in [1.54, 1.807) is 0 Å². The summed E-state index contributed by atoms with van der Waals surface area (Å²) in [6, 6.07) is 0. The van der Waals surface area contributed by atoms with Crippen molar-refractivity contribution in [3.63, 3.8) is 0 Å². The average Bonchev–Trinajstić information content (AvgIpc) is 2.40. The lowest BCUT2D eigenvalue weighted by Crippen LogP contribution is -2.37. The van der Waals surface area contributed by atoms with E-state index in [4.69, 9.17) is 13.8 Å². The summed E-state index contributed by atoms with van der Waals surface area (Å²) in [6.45, 7) is 10.2. The number of phosphoric acid groups is 1. The third-order valence-electron chi connectivity index (χ3n) is 4.15. The fourth-order valence-corrected chi connectivity index (χ4v) is 2.99. The van der Waals surface area contributed by atoms with Crippen LogP contribution in [0.5, 0.6) is 0 Å². The summed E-state index contributed by atoms with van der Waals surface area (Å²) in [7, 11) is 1.43. The van der Waals surface area contributed by atoms with E-state index in [2.05, 4.69) is 13.8 Å². The van der Waals surface area contributed by atoms with Gasteiger partial charge in [0.05, 0.1) is 33.2 Å². The van der Waals surface area contributed by atoms with E-state index < -0.39 is 13.2 Å². The number of hydrogen-bond acceptors (Lipinski definition) is 6. The Labute approximate surface area is 152 Å². The van der Waals surface area contributed by atoms with Crippen molar-refractivity contribution in [2.75, 3.05) is 47.5 Å². The zero-order valence-corrected chi connectivity index (χ0v) is 17.9. The van der Waals surface area contributed by atoms with Gasteiger partial charge in [-0.25, -0.2) is 0 Å². The lowest BCUT2D eigenvalue weighted by molar-refractivity contribution is -0.870. The van der Waals surface area contributed by atoms with Gasteiger partial charge in [-0.15, -0.1) is 0 Å². The number of phosphoric ester groups is 1. The molecule has 0 aromatic carbocycles. The highest BCUT2D eigenvalue weighted by Crippen LogP contribution is 2.38. The van der Waals surface area contributed by atoms with Crippen LogP contribution in [0.3, 0.4) is 0 Å². The Morgan fingerprint density at radius 1 is 1.08 bits per heavy atom. The van der Waals surface area contributed by atoms with Crippen LogP contribution in [0, 0.1) is 17.3 Å². The van der Waals surface area contributed by atoms with E-state index in [1.807, 2.05) is 41.9 Å². The highest BCUT2D eigenvalue weighted by Gasteiger charge is 2.38. The molecule has 0 aliphatic rings. The van der Waals surface area contributed by atoms with E-state index in [0.29, 0.717) is 23.4 Å². The predicted molar refractivity (Wildman–Crippen MR) is 95.8 cm³/mol. The molecule has 0 aliphatic heterocycles. The number of likely N-dealkylation sites (N-methyl/N-ethyl adjacent to an activating group) is 1. The van der Waals surface area contributed by atoms with Crippen LogP contribution in [0.4, 0.5) is 0 Å². The Hall–Kier alpha value is -0.460. The SMILES string of the molecule is CC(C)CC(C)(C(=O)OCCOP(=O)([O-])OCC[N+](C)(C)C)C(C)C. The Kier molecular flexibility index (Phi) is 9.84. The first-order valence-electron chi connectivity index (χ1n) is 8.77. The van der Waals surface area contributed by atoms with Crippen LogP contribution in [0.15, 0.2) is 0 Å². The molecule has 0 spiro atoms. The molecule has 0 aliphatic carbocycles. The zero-order chi connectivity index (χ0) is 19.9. The minimum absolute atomic E-state index is 0.0455. The predicted octanol–water partition coefficient (Wildman–Crippen LogP) is 2.45. The Morgan fingerprint density at radius 2 is 1.60 bits per heavy atom. The summed E-state index contributed by atoms with van der Waals surface area (Å²) in [5, 5.41) is 0. The first-order chi connectivity index (χ1) is 11.2. The molecule has 2 atom stereocenters. The van der Waals surface area contributed by atoms with Gasteiger partial charge in [0.15, 0.2) is 0 Å². The quantitative estimate of drug-likeness (QED) is 0.223. The Bertz CT molecular complexity index is 461. The van der Waals surface area contributed by atoms with E-state index >= 15 is 0 Å². The molecule has 2 unspecified atom stereocenters. The summed E-state index contributed by atoms with van der Waals surface area (Å²) < 4.78 is 27.0. The molecule has 0 bridgehead atoms. The molecule has 0 N–H and O–H groups in total. The van der Waals surface area contributed by atoms with Crippen molar-refractivity contribution >= 4 is 13.8 Å². The highest BCUT2D eigenvalue weighted by molar-refractivity contribution is 7.45. The normalized spacial score (nSPS) is 17.4. The van der Waals surface area contributed by atoms with Crippen molar-refractivity contribution in [1.82, 2.24) is 0 Å². The van der Waals surface area contributed by atoms with Gasteiger partial charge in [0.1, 0.15) is 19.8 Å². The van der Waals surface area contributed by atoms with E-state index in [1.165, 1.54) is 0 Å². The Morgan fingerprint density at radius 3 is 2.04 bits per heavy atom. The van der Waals surface area contributed by atoms with Crippen molar-refractivity contribution in [2.45, 2.75) is 41.0 Å². The first-order valence-corrected chi connectivity index (χ1v) is 10.2. The molecule has 150 valence electrons.